The average Bonchev–Trinajstić information content (AvgIpc) is 2.77. The summed E-state index contributed by atoms with van der Waals surface area (Å²) in [6, 6.07) is 14.4. The highest BCUT2D eigenvalue weighted by Gasteiger charge is 2.23. The summed E-state index contributed by atoms with van der Waals surface area (Å²) in [5.41, 5.74) is 9.78. The molecule has 4 heteroatoms. The Labute approximate surface area is 138 Å². The van der Waals surface area contributed by atoms with Crippen LogP contribution in [0.1, 0.15) is 26.6 Å². The second-order valence-electron chi connectivity index (χ2n) is 6.25. The van der Waals surface area contributed by atoms with Crippen molar-refractivity contribution in [3.05, 3.63) is 51.9 Å². The molecule has 3 nitrogen and oxygen atoms in total. The molecule has 1 aromatic heterocycles. The third-order valence-corrected chi connectivity index (χ3v) is 4.09. The number of imidazole rings is 1. The quantitative estimate of drug-likeness (QED) is 0.490. The van der Waals surface area contributed by atoms with Crippen LogP contribution in [-0.4, -0.2) is 9.55 Å². The van der Waals surface area contributed by atoms with E-state index in [0.717, 1.165) is 28.2 Å². The van der Waals surface area contributed by atoms with Gasteiger partial charge in [-0.05, 0) is 59.0 Å². The van der Waals surface area contributed by atoms with E-state index in [9.17, 15) is 0 Å². The van der Waals surface area contributed by atoms with E-state index in [1.807, 2.05) is 18.2 Å². The summed E-state index contributed by atoms with van der Waals surface area (Å²) in [6.07, 6.45) is 0. The molecule has 0 radical (unpaired) electrons. The van der Waals surface area contributed by atoms with E-state index < -0.39 is 0 Å². The summed E-state index contributed by atoms with van der Waals surface area (Å²) in [6.45, 7) is 6.55. The number of nitrogens with zero attached hydrogens (tertiary/aromatic N) is 2. The molecule has 0 saturated carbocycles. The molecule has 3 aromatic rings. The molecule has 3 rings (SSSR count). The Balaban J connectivity index is 2.38. The van der Waals surface area contributed by atoms with Crippen LogP contribution in [0.2, 0.25) is 0 Å². The number of nitrogen functional groups attached to an aromatic ring is 1. The van der Waals surface area contributed by atoms with Crippen molar-refractivity contribution in [2.75, 3.05) is 5.73 Å². The van der Waals surface area contributed by atoms with Crippen LogP contribution >= 0.6 is 22.6 Å². The Morgan fingerprint density at radius 2 is 1.86 bits per heavy atom. The Kier molecular flexibility index (Phi) is 3.43. The Morgan fingerprint density at radius 3 is 2.52 bits per heavy atom. The summed E-state index contributed by atoms with van der Waals surface area (Å²) in [5, 5.41) is 0. The standard InChI is InChI=1S/C17H18IN3/c1-17(2,3)16-20-14-10-12(19)7-8-15(14)21(16)13-6-4-5-11(18)9-13/h4-10H,19H2,1-3H3. The number of benzene rings is 2. The minimum absolute atomic E-state index is 0.0466. The highest BCUT2D eigenvalue weighted by Crippen LogP contribution is 2.30. The minimum Gasteiger partial charge on any atom is -0.399 e. The highest BCUT2D eigenvalue weighted by molar-refractivity contribution is 14.1. The zero-order valence-electron chi connectivity index (χ0n) is 12.4. The molecule has 108 valence electrons. The number of aromatic nitrogens is 2. The van der Waals surface area contributed by atoms with E-state index in [4.69, 9.17) is 10.7 Å². The van der Waals surface area contributed by atoms with Gasteiger partial charge < -0.3 is 5.73 Å². The van der Waals surface area contributed by atoms with Crippen LogP contribution in [0.15, 0.2) is 42.5 Å². The van der Waals surface area contributed by atoms with Crippen LogP contribution in [0.25, 0.3) is 16.7 Å². The first-order valence-electron chi connectivity index (χ1n) is 6.91. The number of rotatable bonds is 1. The topological polar surface area (TPSA) is 43.8 Å². The van der Waals surface area contributed by atoms with Crippen molar-refractivity contribution in [2.45, 2.75) is 26.2 Å². The van der Waals surface area contributed by atoms with Gasteiger partial charge in [0.2, 0.25) is 0 Å². The molecule has 0 aliphatic rings. The van der Waals surface area contributed by atoms with Gasteiger partial charge in [-0.1, -0.05) is 26.8 Å². The van der Waals surface area contributed by atoms with Crippen molar-refractivity contribution in [2.24, 2.45) is 0 Å². The summed E-state index contributed by atoms with van der Waals surface area (Å²) in [7, 11) is 0. The molecule has 0 bridgehead atoms. The van der Waals surface area contributed by atoms with E-state index in [2.05, 4.69) is 72.2 Å². The SMILES string of the molecule is CC(C)(C)c1nc2cc(N)ccc2n1-c1cccc(I)c1. The smallest absolute Gasteiger partial charge is 0.119 e. The normalized spacial score (nSPS) is 12.0. The third kappa shape index (κ3) is 2.64. The van der Waals surface area contributed by atoms with Gasteiger partial charge in [-0.3, -0.25) is 4.57 Å². The Bertz CT molecular complexity index is 813. The summed E-state index contributed by atoms with van der Waals surface area (Å²) < 4.78 is 3.44. The zero-order valence-corrected chi connectivity index (χ0v) is 14.5. The van der Waals surface area contributed by atoms with Gasteiger partial charge in [-0.25, -0.2) is 4.98 Å². The molecule has 0 aliphatic carbocycles. The maximum absolute atomic E-state index is 5.90. The molecular formula is C17H18IN3. The highest BCUT2D eigenvalue weighted by atomic mass is 127. The van der Waals surface area contributed by atoms with Crippen LogP contribution in [0.4, 0.5) is 5.69 Å². The lowest BCUT2D eigenvalue weighted by molar-refractivity contribution is 0.539. The van der Waals surface area contributed by atoms with E-state index >= 15 is 0 Å². The van der Waals surface area contributed by atoms with Gasteiger partial charge in [0.25, 0.3) is 0 Å². The van der Waals surface area contributed by atoms with Gasteiger partial charge in [0, 0.05) is 20.4 Å². The van der Waals surface area contributed by atoms with Crippen molar-refractivity contribution >= 4 is 39.3 Å². The van der Waals surface area contributed by atoms with Gasteiger partial charge in [-0.15, -0.1) is 0 Å². The maximum Gasteiger partial charge on any atom is 0.119 e. The van der Waals surface area contributed by atoms with Crippen LogP contribution in [0, 0.1) is 3.57 Å². The molecule has 0 spiro atoms. The molecule has 0 aliphatic heterocycles. The largest absolute Gasteiger partial charge is 0.399 e. The lowest BCUT2D eigenvalue weighted by Gasteiger charge is -2.20. The average molecular weight is 391 g/mol. The zero-order chi connectivity index (χ0) is 15.2. The first kappa shape index (κ1) is 14.4. The monoisotopic (exact) mass is 391 g/mol. The molecule has 2 aromatic carbocycles. The molecule has 2 N–H and O–H groups in total. The molecule has 0 amide bonds. The fourth-order valence-electron chi connectivity index (χ4n) is 2.48. The summed E-state index contributed by atoms with van der Waals surface area (Å²) >= 11 is 2.34. The number of halogens is 1. The first-order chi connectivity index (χ1) is 9.86. The second kappa shape index (κ2) is 5.02. The first-order valence-corrected chi connectivity index (χ1v) is 7.98. The number of nitrogens with two attached hydrogens (primary N) is 1. The summed E-state index contributed by atoms with van der Waals surface area (Å²) in [4.78, 5) is 4.83. The molecule has 0 fully saturated rings. The molecule has 0 unspecified atom stereocenters. The van der Waals surface area contributed by atoms with Crippen molar-refractivity contribution < 1.29 is 0 Å². The van der Waals surface area contributed by atoms with Crippen molar-refractivity contribution in [3.8, 4) is 5.69 Å². The van der Waals surface area contributed by atoms with E-state index in [0.29, 0.717) is 0 Å². The maximum atomic E-state index is 5.90. The number of anilines is 1. The predicted octanol–water partition coefficient (Wildman–Crippen LogP) is 4.51. The molecule has 0 saturated heterocycles. The van der Waals surface area contributed by atoms with Crippen LogP contribution in [-0.2, 0) is 5.41 Å². The van der Waals surface area contributed by atoms with Crippen LogP contribution in [0.5, 0.6) is 0 Å². The van der Waals surface area contributed by atoms with E-state index in [-0.39, 0.29) is 5.41 Å². The predicted molar refractivity (Wildman–Crippen MR) is 96.9 cm³/mol. The fraction of sp³-hybridized carbons (Fsp3) is 0.235. The van der Waals surface area contributed by atoms with Crippen molar-refractivity contribution in [1.29, 1.82) is 0 Å². The van der Waals surface area contributed by atoms with Crippen LogP contribution in [0.3, 0.4) is 0 Å². The lowest BCUT2D eigenvalue weighted by Crippen LogP contribution is -2.18. The van der Waals surface area contributed by atoms with Gasteiger partial charge in [0.1, 0.15) is 5.82 Å². The third-order valence-electron chi connectivity index (χ3n) is 3.42. The Morgan fingerprint density at radius 1 is 1.10 bits per heavy atom. The van der Waals surface area contributed by atoms with Crippen molar-refractivity contribution in [1.82, 2.24) is 9.55 Å². The lowest BCUT2D eigenvalue weighted by atomic mass is 9.95. The van der Waals surface area contributed by atoms with Gasteiger partial charge in [0.15, 0.2) is 0 Å². The van der Waals surface area contributed by atoms with Crippen molar-refractivity contribution in [3.63, 3.8) is 0 Å². The summed E-state index contributed by atoms with van der Waals surface area (Å²) in [5.74, 6) is 1.05. The number of fused-ring (bicyclic) bond motifs is 1. The van der Waals surface area contributed by atoms with Crippen LogP contribution < -0.4 is 5.73 Å². The molecule has 1 heterocycles. The van der Waals surface area contributed by atoms with Gasteiger partial charge in [-0.2, -0.15) is 0 Å². The molecular weight excluding hydrogens is 373 g/mol. The minimum atomic E-state index is -0.0466. The van der Waals surface area contributed by atoms with Gasteiger partial charge in [0.05, 0.1) is 11.0 Å². The molecule has 0 atom stereocenters. The number of hydrogen-bond donors (Lipinski definition) is 1. The van der Waals surface area contributed by atoms with E-state index in [1.165, 1.54) is 3.57 Å². The Hall–Kier alpha value is -1.56. The second-order valence-corrected chi connectivity index (χ2v) is 7.49. The van der Waals surface area contributed by atoms with Gasteiger partial charge >= 0.3 is 0 Å². The van der Waals surface area contributed by atoms with E-state index in [1.54, 1.807) is 0 Å². The molecule has 21 heavy (non-hydrogen) atoms. The number of hydrogen-bond acceptors (Lipinski definition) is 2. The fourth-order valence-corrected chi connectivity index (χ4v) is 3.00.